The van der Waals surface area contributed by atoms with Gasteiger partial charge in [-0.1, -0.05) is 54.6 Å². The van der Waals surface area contributed by atoms with Crippen LogP contribution in [-0.2, 0) is 0 Å². The van der Waals surface area contributed by atoms with Crippen LogP contribution in [0.5, 0.6) is 0 Å². The summed E-state index contributed by atoms with van der Waals surface area (Å²) in [4.78, 5) is 28.6. The molecule has 6 heterocycles. The topological polar surface area (TPSA) is 126 Å². The number of nitrogens with one attached hydrogen (secondary N) is 2. The number of benzene rings is 1. The lowest BCUT2D eigenvalue weighted by molar-refractivity contribution is 1.20. The fourth-order valence-electron chi connectivity index (χ4n) is 5.68. The average molecular weight is 660 g/mol. The Morgan fingerprint density at radius 1 is 0.392 bits per heavy atom. The molecule has 2 N–H and O–H groups in total. The van der Waals surface area contributed by atoms with E-state index in [-0.39, 0.29) is 5.71 Å². The number of para-hydroxylation sites is 1. The molecule has 0 saturated heterocycles. The van der Waals surface area contributed by atoms with E-state index < -0.39 is 0 Å². The summed E-state index contributed by atoms with van der Waals surface area (Å²) in [6, 6.07) is 44.3. The molecule has 0 amide bonds. The molecule has 0 aliphatic heterocycles. The number of nitrogens with zero attached hydrogens (tertiary/aromatic N) is 7. The quantitative estimate of drug-likeness (QED) is 0.123. The Labute approximate surface area is 294 Å². The van der Waals surface area contributed by atoms with Crippen LogP contribution in [0, 0.1) is 5.41 Å². The molecule has 51 heavy (non-hydrogen) atoms. The van der Waals surface area contributed by atoms with Crippen LogP contribution in [0.25, 0.3) is 56.7 Å². The average Bonchev–Trinajstić information content (AvgIpc) is 3.21. The van der Waals surface area contributed by atoms with Gasteiger partial charge in [-0.15, -0.1) is 0 Å². The third-order valence-corrected chi connectivity index (χ3v) is 8.18. The van der Waals surface area contributed by atoms with E-state index in [1.165, 1.54) is 0 Å². The normalized spacial score (nSPS) is 13.4. The number of hydrazone groups is 1. The van der Waals surface area contributed by atoms with Gasteiger partial charge in [-0.3, -0.25) is 20.8 Å². The van der Waals surface area contributed by atoms with E-state index in [9.17, 15) is 5.41 Å². The maximum absolute atomic E-state index is 9.46. The Morgan fingerprint density at radius 3 is 1.27 bits per heavy atom. The van der Waals surface area contributed by atoms with Crippen molar-refractivity contribution in [2.24, 2.45) is 5.10 Å². The van der Waals surface area contributed by atoms with Gasteiger partial charge in [-0.05, 0) is 97.1 Å². The Kier molecular flexibility index (Phi) is 8.56. The summed E-state index contributed by atoms with van der Waals surface area (Å²) in [7, 11) is 0. The fourth-order valence-corrected chi connectivity index (χ4v) is 5.68. The minimum Gasteiger partial charge on any atom is -0.298 e. The molecule has 7 aromatic rings. The molecule has 0 saturated carbocycles. The monoisotopic (exact) mass is 659 g/mol. The van der Waals surface area contributed by atoms with E-state index in [4.69, 9.17) is 25.0 Å². The predicted molar refractivity (Wildman–Crippen MR) is 203 cm³/mol. The van der Waals surface area contributed by atoms with Gasteiger partial charge in [0.2, 0.25) is 0 Å². The summed E-state index contributed by atoms with van der Waals surface area (Å²) >= 11 is 0. The third-order valence-electron chi connectivity index (χ3n) is 8.18. The van der Waals surface area contributed by atoms with Crippen LogP contribution in [-0.4, -0.2) is 41.3 Å². The van der Waals surface area contributed by atoms with Crippen molar-refractivity contribution in [2.45, 2.75) is 0 Å². The molecule has 0 spiro atoms. The Morgan fingerprint density at radius 2 is 0.784 bits per heavy atom. The van der Waals surface area contributed by atoms with Crippen molar-refractivity contribution in [3.05, 3.63) is 175 Å². The van der Waals surface area contributed by atoms with Crippen LogP contribution in [0.4, 0.5) is 5.69 Å². The molecule has 242 valence electrons. The number of aromatic nitrogens is 6. The lowest BCUT2D eigenvalue weighted by Gasteiger charge is -2.19. The molecule has 6 aromatic heterocycles. The highest BCUT2D eigenvalue weighted by Crippen LogP contribution is 2.30. The molecule has 1 aliphatic rings. The summed E-state index contributed by atoms with van der Waals surface area (Å²) in [5.41, 5.74) is 13.1. The molecule has 0 radical (unpaired) electrons. The summed E-state index contributed by atoms with van der Waals surface area (Å²) in [6.07, 6.45) is 7.35. The predicted octanol–water partition coefficient (Wildman–Crippen LogP) is 8.69. The fraction of sp³-hybridized carbons (Fsp3) is 0. The Hall–Kier alpha value is -7.26. The number of rotatable bonds is 8. The van der Waals surface area contributed by atoms with E-state index in [1.807, 2.05) is 152 Å². The van der Waals surface area contributed by atoms with Gasteiger partial charge in [-0.25, -0.2) is 19.9 Å². The number of pyridine rings is 6. The van der Waals surface area contributed by atoms with Gasteiger partial charge in [0.05, 0.1) is 68.3 Å². The zero-order valence-electron chi connectivity index (χ0n) is 27.2. The smallest absolute Gasteiger partial charge is 0.118 e. The van der Waals surface area contributed by atoms with Gasteiger partial charge in [0.25, 0.3) is 0 Å². The van der Waals surface area contributed by atoms with Crippen molar-refractivity contribution >= 4 is 28.3 Å². The van der Waals surface area contributed by atoms with Crippen LogP contribution < -0.4 is 5.43 Å². The molecule has 9 heteroatoms. The first-order valence-electron chi connectivity index (χ1n) is 16.3. The van der Waals surface area contributed by atoms with E-state index in [0.29, 0.717) is 51.0 Å². The number of hydrogen-bond acceptors (Lipinski definition) is 9. The van der Waals surface area contributed by atoms with Crippen molar-refractivity contribution in [1.82, 2.24) is 29.9 Å². The molecular weight excluding hydrogens is 631 g/mol. The van der Waals surface area contributed by atoms with Gasteiger partial charge in [0, 0.05) is 23.5 Å². The third kappa shape index (κ3) is 6.72. The van der Waals surface area contributed by atoms with Crippen LogP contribution in [0.3, 0.4) is 0 Å². The lowest BCUT2D eigenvalue weighted by atomic mass is 9.90. The number of allylic oxidation sites excluding steroid dienone is 4. The SMILES string of the molecule is N=C1C(c2cccc(-c3cccc(-c4ccccn4)n3)n2)=CC=C(c2cccc(-c3cccc(-c4ccccn4)n3)n2)C1=NNc1ccccc1. The molecule has 1 aliphatic carbocycles. The zero-order valence-corrected chi connectivity index (χ0v) is 27.2. The summed E-state index contributed by atoms with van der Waals surface area (Å²) < 4.78 is 0. The van der Waals surface area contributed by atoms with Crippen molar-refractivity contribution in [2.75, 3.05) is 5.43 Å². The molecule has 0 unspecified atom stereocenters. The Balaban J connectivity index is 1.17. The molecule has 1 aromatic carbocycles. The van der Waals surface area contributed by atoms with Crippen molar-refractivity contribution in [3.8, 4) is 45.6 Å². The van der Waals surface area contributed by atoms with Gasteiger partial charge in [-0.2, -0.15) is 5.10 Å². The first-order valence-corrected chi connectivity index (χ1v) is 16.3. The second-order valence-corrected chi connectivity index (χ2v) is 11.5. The van der Waals surface area contributed by atoms with Gasteiger partial charge in [0.1, 0.15) is 5.71 Å². The molecule has 9 nitrogen and oxygen atoms in total. The maximum Gasteiger partial charge on any atom is 0.118 e. The second-order valence-electron chi connectivity index (χ2n) is 11.5. The molecule has 0 bridgehead atoms. The highest BCUT2D eigenvalue weighted by molar-refractivity contribution is 6.69. The highest BCUT2D eigenvalue weighted by Gasteiger charge is 2.25. The van der Waals surface area contributed by atoms with Gasteiger partial charge < -0.3 is 0 Å². The van der Waals surface area contributed by atoms with Gasteiger partial charge >= 0.3 is 0 Å². The summed E-state index contributed by atoms with van der Waals surface area (Å²) in [6.45, 7) is 0. The van der Waals surface area contributed by atoms with Crippen LogP contribution in [0.1, 0.15) is 11.4 Å². The van der Waals surface area contributed by atoms with Crippen molar-refractivity contribution in [3.63, 3.8) is 0 Å². The first-order chi connectivity index (χ1) is 25.2. The van der Waals surface area contributed by atoms with Gasteiger partial charge in [0.15, 0.2) is 0 Å². The standard InChI is InChI=1S/C42H29N9/c43-41-29(31-16-8-20-37(46-31)39-22-10-18-35(48-39)33-14-4-6-26-44-33)24-25-30(42(41)51-50-28-12-2-1-3-13-28)32-17-9-21-38(47-32)40-23-11-19-36(49-40)34-15-5-7-27-45-34/h1-27,43,50H. The second kappa shape index (κ2) is 14.1. The van der Waals surface area contributed by atoms with Crippen LogP contribution in [0.15, 0.2) is 169 Å². The molecule has 8 rings (SSSR count). The van der Waals surface area contributed by atoms with E-state index in [0.717, 1.165) is 28.5 Å². The largest absolute Gasteiger partial charge is 0.298 e. The first kappa shape index (κ1) is 31.0. The Bertz CT molecular complexity index is 2460. The molecule has 0 fully saturated rings. The molecule has 0 atom stereocenters. The number of anilines is 1. The zero-order chi connectivity index (χ0) is 34.4. The van der Waals surface area contributed by atoms with Crippen LogP contribution in [0.2, 0.25) is 0 Å². The van der Waals surface area contributed by atoms with E-state index in [2.05, 4.69) is 15.4 Å². The highest BCUT2D eigenvalue weighted by atomic mass is 15.3. The maximum atomic E-state index is 9.46. The van der Waals surface area contributed by atoms with Crippen LogP contribution >= 0.6 is 0 Å². The summed E-state index contributed by atoms with van der Waals surface area (Å²) in [5.74, 6) is 0. The van der Waals surface area contributed by atoms with E-state index in [1.54, 1.807) is 12.4 Å². The van der Waals surface area contributed by atoms with E-state index >= 15 is 0 Å². The minimum atomic E-state index is 0.207. The minimum absolute atomic E-state index is 0.207. The number of hydrogen-bond donors (Lipinski definition) is 2. The van der Waals surface area contributed by atoms with Crippen molar-refractivity contribution < 1.29 is 0 Å². The van der Waals surface area contributed by atoms with Crippen molar-refractivity contribution in [1.29, 1.82) is 5.41 Å². The summed E-state index contributed by atoms with van der Waals surface area (Å²) in [5, 5.41) is 14.2. The molecular formula is C42H29N9. The lowest BCUT2D eigenvalue weighted by Crippen LogP contribution is -2.22.